The molecule has 0 saturated carbocycles. The summed E-state index contributed by atoms with van der Waals surface area (Å²) in [5.41, 5.74) is 6.44. The average molecular weight is 254 g/mol. The van der Waals surface area contributed by atoms with Gasteiger partial charge in [-0.2, -0.15) is 5.10 Å². The SMILES string of the molecule is CCC(C(=O)NCCc1ccn(C)n1)C(N)=S. The van der Waals surface area contributed by atoms with Crippen molar-refractivity contribution < 1.29 is 4.79 Å². The Morgan fingerprint density at radius 1 is 1.71 bits per heavy atom. The summed E-state index contributed by atoms with van der Waals surface area (Å²) in [6, 6.07) is 1.93. The molecule has 0 spiro atoms. The molecule has 0 aliphatic rings. The van der Waals surface area contributed by atoms with Gasteiger partial charge in [0.1, 0.15) is 0 Å². The fourth-order valence-corrected chi connectivity index (χ4v) is 1.82. The monoisotopic (exact) mass is 254 g/mol. The lowest BCUT2D eigenvalue weighted by molar-refractivity contribution is -0.123. The molecule has 1 amide bonds. The quantitative estimate of drug-likeness (QED) is 0.720. The Hall–Kier alpha value is -1.43. The third kappa shape index (κ3) is 4.14. The van der Waals surface area contributed by atoms with Gasteiger partial charge in [0.2, 0.25) is 5.91 Å². The number of carbonyl (C=O) groups is 1. The number of amides is 1. The van der Waals surface area contributed by atoms with Crippen molar-refractivity contribution in [1.29, 1.82) is 0 Å². The number of rotatable bonds is 6. The molecule has 5 nitrogen and oxygen atoms in total. The van der Waals surface area contributed by atoms with Crippen LogP contribution in [0.4, 0.5) is 0 Å². The zero-order valence-electron chi connectivity index (χ0n) is 10.1. The van der Waals surface area contributed by atoms with Crippen molar-refractivity contribution in [1.82, 2.24) is 15.1 Å². The van der Waals surface area contributed by atoms with E-state index in [1.807, 2.05) is 26.2 Å². The van der Waals surface area contributed by atoms with Gasteiger partial charge in [-0.15, -0.1) is 0 Å². The Morgan fingerprint density at radius 3 is 2.88 bits per heavy atom. The topological polar surface area (TPSA) is 72.9 Å². The molecule has 0 radical (unpaired) electrons. The van der Waals surface area contributed by atoms with Crippen LogP contribution in [0.3, 0.4) is 0 Å². The number of nitrogens with zero attached hydrogens (tertiary/aromatic N) is 2. The van der Waals surface area contributed by atoms with Gasteiger partial charge >= 0.3 is 0 Å². The number of thiocarbonyl (C=S) groups is 1. The lowest BCUT2D eigenvalue weighted by Gasteiger charge is -2.12. The molecule has 1 heterocycles. The van der Waals surface area contributed by atoms with Crippen LogP contribution in [-0.4, -0.2) is 27.2 Å². The third-order valence-electron chi connectivity index (χ3n) is 2.52. The fourth-order valence-electron chi connectivity index (χ4n) is 1.55. The van der Waals surface area contributed by atoms with Gasteiger partial charge in [0, 0.05) is 26.2 Å². The molecule has 0 aliphatic carbocycles. The highest BCUT2D eigenvalue weighted by Gasteiger charge is 2.18. The van der Waals surface area contributed by atoms with Crippen molar-refractivity contribution in [2.75, 3.05) is 6.54 Å². The van der Waals surface area contributed by atoms with E-state index in [-0.39, 0.29) is 16.8 Å². The van der Waals surface area contributed by atoms with E-state index in [4.69, 9.17) is 18.0 Å². The van der Waals surface area contributed by atoms with E-state index in [0.717, 1.165) is 5.69 Å². The van der Waals surface area contributed by atoms with Crippen LogP contribution in [0, 0.1) is 5.92 Å². The van der Waals surface area contributed by atoms with Gasteiger partial charge in [-0.1, -0.05) is 19.1 Å². The standard InChI is InChI=1S/C11H18N4OS/c1-3-9(10(12)17)11(16)13-6-4-8-5-7-15(2)14-8/h5,7,9H,3-4,6H2,1-2H3,(H2,12,17)(H,13,16). The van der Waals surface area contributed by atoms with Crippen LogP contribution in [0.15, 0.2) is 12.3 Å². The van der Waals surface area contributed by atoms with E-state index >= 15 is 0 Å². The lowest BCUT2D eigenvalue weighted by atomic mass is 10.1. The number of hydrogen-bond donors (Lipinski definition) is 2. The van der Waals surface area contributed by atoms with Crippen molar-refractivity contribution in [3.63, 3.8) is 0 Å². The first kappa shape index (κ1) is 13.6. The Bertz CT molecular complexity index is 402. The van der Waals surface area contributed by atoms with Crippen molar-refractivity contribution in [2.45, 2.75) is 19.8 Å². The van der Waals surface area contributed by atoms with Crippen LogP contribution >= 0.6 is 12.2 Å². The number of hydrogen-bond acceptors (Lipinski definition) is 3. The average Bonchev–Trinajstić information content (AvgIpc) is 2.64. The first-order chi connectivity index (χ1) is 8.04. The van der Waals surface area contributed by atoms with Gasteiger partial charge in [0.15, 0.2) is 0 Å². The normalized spacial score (nSPS) is 12.1. The summed E-state index contributed by atoms with van der Waals surface area (Å²) in [6.07, 6.45) is 3.21. The predicted octanol–water partition coefficient (Wildman–Crippen LogP) is 0.391. The number of aryl methyl sites for hydroxylation is 1. The summed E-state index contributed by atoms with van der Waals surface area (Å²) < 4.78 is 1.74. The molecular formula is C11H18N4OS. The minimum Gasteiger partial charge on any atom is -0.393 e. The Morgan fingerprint density at radius 2 is 2.41 bits per heavy atom. The van der Waals surface area contributed by atoms with Gasteiger partial charge in [-0.05, 0) is 12.5 Å². The van der Waals surface area contributed by atoms with Crippen LogP contribution in [0.25, 0.3) is 0 Å². The van der Waals surface area contributed by atoms with E-state index in [9.17, 15) is 4.79 Å². The van der Waals surface area contributed by atoms with Crippen LogP contribution in [0.2, 0.25) is 0 Å². The molecule has 0 aliphatic heterocycles. The molecule has 3 N–H and O–H groups in total. The highest BCUT2D eigenvalue weighted by atomic mass is 32.1. The zero-order valence-corrected chi connectivity index (χ0v) is 11.0. The molecule has 94 valence electrons. The largest absolute Gasteiger partial charge is 0.393 e. The Labute approximate surface area is 106 Å². The van der Waals surface area contributed by atoms with E-state index in [2.05, 4.69) is 10.4 Å². The van der Waals surface area contributed by atoms with Crippen molar-refractivity contribution >= 4 is 23.1 Å². The van der Waals surface area contributed by atoms with E-state index in [1.165, 1.54) is 0 Å². The first-order valence-electron chi connectivity index (χ1n) is 5.60. The molecule has 1 rings (SSSR count). The van der Waals surface area contributed by atoms with Gasteiger partial charge in [-0.25, -0.2) is 0 Å². The van der Waals surface area contributed by atoms with Gasteiger partial charge in [0.25, 0.3) is 0 Å². The maximum absolute atomic E-state index is 11.7. The Kier molecular flexibility index (Phi) is 5.09. The number of nitrogens with two attached hydrogens (primary N) is 1. The third-order valence-corrected chi connectivity index (χ3v) is 2.80. The molecule has 0 bridgehead atoms. The van der Waals surface area contributed by atoms with E-state index in [1.54, 1.807) is 4.68 Å². The maximum atomic E-state index is 11.7. The molecule has 0 fully saturated rings. The second-order valence-corrected chi connectivity index (χ2v) is 4.36. The van der Waals surface area contributed by atoms with Gasteiger partial charge < -0.3 is 11.1 Å². The lowest BCUT2D eigenvalue weighted by Crippen LogP contribution is -2.38. The van der Waals surface area contributed by atoms with Crippen LogP contribution in [0.5, 0.6) is 0 Å². The maximum Gasteiger partial charge on any atom is 0.229 e. The van der Waals surface area contributed by atoms with Crippen molar-refractivity contribution in [3.05, 3.63) is 18.0 Å². The number of aromatic nitrogens is 2. The molecular weight excluding hydrogens is 236 g/mol. The van der Waals surface area contributed by atoms with Crippen molar-refractivity contribution in [2.24, 2.45) is 18.7 Å². The van der Waals surface area contributed by atoms with Gasteiger partial charge in [-0.3, -0.25) is 9.48 Å². The highest BCUT2D eigenvalue weighted by molar-refractivity contribution is 7.80. The molecule has 1 atom stereocenters. The van der Waals surface area contributed by atoms with Crippen LogP contribution in [-0.2, 0) is 18.3 Å². The second-order valence-electron chi connectivity index (χ2n) is 3.88. The van der Waals surface area contributed by atoms with Crippen LogP contribution < -0.4 is 11.1 Å². The van der Waals surface area contributed by atoms with Gasteiger partial charge in [0.05, 0.1) is 16.6 Å². The van der Waals surface area contributed by atoms with Crippen molar-refractivity contribution in [3.8, 4) is 0 Å². The molecule has 17 heavy (non-hydrogen) atoms. The highest BCUT2D eigenvalue weighted by Crippen LogP contribution is 2.03. The molecule has 6 heteroatoms. The Balaban J connectivity index is 2.35. The molecule has 1 aromatic rings. The van der Waals surface area contributed by atoms with Crippen LogP contribution in [0.1, 0.15) is 19.0 Å². The second kappa shape index (κ2) is 6.34. The minimum atomic E-state index is -0.367. The minimum absolute atomic E-state index is 0.101. The summed E-state index contributed by atoms with van der Waals surface area (Å²) in [5.74, 6) is -0.468. The zero-order chi connectivity index (χ0) is 12.8. The smallest absolute Gasteiger partial charge is 0.229 e. The van der Waals surface area contributed by atoms with E-state index < -0.39 is 0 Å². The predicted molar refractivity (Wildman–Crippen MR) is 70.5 cm³/mol. The fraction of sp³-hybridized carbons (Fsp3) is 0.545. The van der Waals surface area contributed by atoms with E-state index in [0.29, 0.717) is 19.4 Å². The summed E-state index contributed by atoms with van der Waals surface area (Å²) in [4.78, 5) is 12.0. The number of carbonyl (C=O) groups excluding carboxylic acids is 1. The number of nitrogens with one attached hydrogen (secondary N) is 1. The summed E-state index contributed by atoms with van der Waals surface area (Å²) in [6.45, 7) is 2.44. The summed E-state index contributed by atoms with van der Waals surface area (Å²) in [7, 11) is 1.86. The summed E-state index contributed by atoms with van der Waals surface area (Å²) in [5, 5.41) is 7.04. The first-order valence-corrected chi connectivity index (χ1v) is 6.01. The molecule has 0 saturated heterocycles. The molecule has 1 unspecified atom stereocenters. The molecule has 1 aromatic heterocycles. The summed E-state index contributed by atoms with van der Waals surface area (Å²) >= 11 is 4.84. The molecule has 0 aromatic carbocycles.